The molecule has 0 bridgehead atoms. The van der Waals surface area contributed by atoms with Crippen LogP contribution in [0.2, 0.25) is 4.34 Å². The van der Waals surface area contributed by atoms with Gasteiger partial charge in [0.1, 0.15) is 0 Å². The Morgan fingerprint density at radius 3 is 3.33 bits per heavy atom. The second-order valence-corrected chi connectivity index (χ2v) is 5.45. The van der Waals surface area contributed by atoms with Crippen molar-refractivity contribution in [2.24, 2.45) is 0 Å². The molecule has 1 nitrogen and oxygen atoms in total. The van der Waals surface area contributed by atoms with E-state index in [2.05, 4.69) is 23.2 Å². The molecule has 1 aromatic heterocycles. The number of halogens is 1. The minimum atomic E-state index is 0.457. The van der Waals surface area contributed by atoms with Crippen LogP contribution in [0.3, 0.4) is 0 Å². The molecule has 1 aliphatic rings. The van der Waals surface area contributed by atoms with Gasteiger partial charge in [-0.3, -0.25) is 5.32 Å². The normalized spacial score (nSPS) is 19.2. The highest BCUT2D eigenvalue weighted by molar-refractivity contribution is 7.16. The third-order valence-corrected chi connectivity index (χ3v) is 4.04. The van der Waals surface area contributed by atoms with E-state index >= 15 is 0 Å². The molecule has 1 atom stereocenters. The summed E-state index contributed by atoms with van der Waals surface area (Å²) in [6.07, 6.45) is 3.64. The zero-order chi connectivity index (χ0) is 10.7. The summed E-state index contributed by atoms with van der Waals surface area (Å²) in [6, 6.07) is 2.57. The van der Waals surface area contributed by atoms with Crippen molar-refractivity contribution in [1.82, 2.24) is 5.32 Å². The summed E-state index contributed by atoms with van der Waals surface area (Å²) in [4.78, 5) is 1.45. The molecule has 0 aromatic carbocycles. The molecule has 1 aliphatic carbocycles. The molecule has 1 aromatic rings. The highest BCUT2D eigenvalue weighted by Crippen LogP contribution is 2.37. The number of aryl methyl sites for hydroxylation is 1. The van der Waals surface area contributed by atoms with Gasteiger partial charge >= 0.3 is 0 Å². The Morgan fingerprint density at radius 2 is 2.53 bits per heavy atom. The maximum absolute atomic E-state index is 6.04. The molecule has 15 heavy (non-hydrogen) atoms. The summed E-state index contributed by atoms with van der Waals surface area (Å²) in [7, 11) is 0. The lowest BCUT2D eigenvalue weighted by atomic mass is 9.94. The molecule has 0 saturated carbocycles. The first-order valence-corrected chi connectivity index (χ1v) is 6.42. The van der Waals surface area contributed by atoms with Gasteiger partial charge in [-0.05, 0) is 37.8 Å². The van der Waals surface area contributed by atoms with Gasteiger partial charge in [0.05, 0.1) is 10.9 Å². The Labute approximate surface area is 99.8 Å². The highest BCUT2D eigenvalue weighted by atomic mass is 35.5. The summed E-state index contributed by atoms with van der Waals surface area (Å²) in [5.41, 5.74) is 1.40. The van der Waals surface area contributed by atoms with E-state index < -0.39 is 0 Å². The standard InChI is InChI=1S/C12H14ClNS/c1-2-3-7-14-10-5-4-6-11-9(10)8-12(13)15-11/h8,10,14H,4-7H2,1H3. The van der Waals surface area contributed by atoms with Crippen LogP contribution in [0, 0.1) is 11.8 Å². The topological polar surface area (TPSA) is 12.0 Å². The Morgan fingerprint density at radius 1 is 1.67 bits per heavy atom. The average molecular weight is 240 g/mol. The maximum atomic E-state index is 6.04. The first-order chi connectivity index (χ1) is 7.31. The van der Waals surface area contributed by atoms with Crippen LogP contribution in [-0.4, -0.2) is 6.54 Å². The van der Waals surface area contributed by atoms with E-state index in [0.29, 0.717) is 6.04 Å². The largest absolute Gasteiger partial charge is 0.299 e. The Hall–Kier alpha value is -0.490. The molecule has 80 valence electrons. The quantitative estimate of drug-likeness (QED) is 0.781. The van der Waals surface area contributed by atoms with Gasteiger partial charge in [-0.15, -0.1) is 17.3 Å². The van der Waals surface area contributed by atoms with Gasteiger partial charge in [-0.1, -0.05) is 17.5 Å². The molecular formula is C12H14ClNS. The van der Waals surface area contributed by atoms with Crippen LogP contribution in [-0.2, 0) is 6.42 Å². The van der Waals surface area contributed by atoms with Crippen LogP contribution in [0.25, 0.3) is 0 Å². The molecule has 0 aliphatic heterocycles. The second kappa shape index (κ2) is 5.03. The number of rotatable bonds is 2. The fraction of sp³-hybridized carbons (Fsp3) is 0.500. The lowest BCUT2D eigenvalue weighted by molar-refractivity contribution is 0.488. The molecule has 0 spiro atoms. The molecule has 1 unspecified atom stereocenters. The number of hydrogen-bond acceptors (Lipinski definition) is 2. The first kappa shape index (κ1) is 11.0. The predicted octanol–water partition coefficient (Wildman–Crippen LogP) is 3.39. The van der Waals surface area contributed by atoms with Crippen LogP contribution < -0.4 is 5.32 Å². The van der Waals surface area contributed by atoms with Crippen LogP contribution in [0.5, 0.6) is 0 Å². The molecule has 0 saturated heterocycles. The molecule has 1 heterocycles. The van der Waals surface area contributed by atoms with Crippen LogP contribution in [0.1, 0.15) is 36.2 Å². The molecule has 2 rings (SSSR count). The van der Waals surface area contributed by atoms with E-state index in [9.17, 15) is 0 Å². The second-order valence-electron chi connectivity index (χ2n) is 3.68. The number of nitrogens with one attached hydrogen (secondary N) is 1. The van der Waals surface area contributed by atoms with Gasteiger partial charge in [0.2, 0.25) is 0 Å². The van der Waals surface area contributed by atoms with Crippen molar-refractivity contribution in [3.63, 3.8) is 0 Å². The lowest BCUT2D eigenvalue weighted by Gasteiger charge is -2.22. The molecule has 3 heteroatoms. The van der Waals surface area contributed by atoms with Crippen molar-refractivity contribution < 1.29 is 0 Å². The SMILES string of the molecule is CC#CCNC1CCCc2sc(Cl)cc21. The Bertz CT molecular complexity index is 399. The van der Waals surface area contributed by atoms with Crippen molar-refractivity contribution in [3.05, 3.63) is 20.8 Å². The van der Waals surface area contributed by atoms with Crippen molar-refractivity contribution in [1.29, 1.82) is 0 Å². The van der Waals surface area contributed by atoms with E-state index in [-0.39, 0.29) is 0 Å². The van der Waals surface area contributed by atoms with Crippen LogP contribution in [0.4, 0.5) is 0 Å². The average Bonchev–Trinajstić information content (AvgIpc) is 2.59. The van der Waals surface area contributed by atoms with Crippen LogP contribution in [0.15, 0.2) is 6.07 Å². The van der Waals surface area contributed by atoms with Gasteiger partial charge in [0, 0.05) is 10.9 Å². The van der Waals surface area contributed by atoms with Crippen LogP contribution >= 0.6 is 22.9 Å². The lowest BCUT2D eigenvalue weighted by Crippen LogP contribution is -2.24. The fourth-order valence-electron chi connectivity index (χ4n) is 2.00. The first-order valence-electron chi connectivity index (χ1n) is 5.22. The fourth-order valence-corrected chi connectivity index (χ4v) is 3.38. The van der Waals surface area contributed by atoms with Crippen molar-refractivity contribution >= 4 is 22.9 Å². The van der Waals surface area contributed by atoms with E-state index in [1.165, 1.54) is 29.7 Å². The number of fused-ring (bicyclic) bond motifs is 1. The molecule has 0 amide bonds. The third-order valence-electron chi connectivity index (χ3n) is 2.70. The van der Waals surface area contributed by atoms with E-state index in [0.717, 1.165) is 10.9 Å². The minimum Gasteiger partial charge on any atom is -0.299 e. The van der Waals surface area contributed by atoms with Gasteiger partial charge in [0.15, 0.2) is 0 Å². The van der Waals surface area contributed by atoms with Gasteiger partial charge in [-0.25, -0.2) is 0 Å². The summed E-state index contributed by atoms with van der Waals surface area (Å²) < 4.78 is 0.912. The molecular weight excluding hydrogens is 226 g/mol. The third kappa shape index (κ3) is 2.55. The van der Waals surface area contributed by atoms with E-state index in [1.807, 2.05) is 6.92 Å². The van der Waals surface area contributed by atoms with Crippen molar-refractivity contribution in [3.8, 4) is 11.8 Å². The molecule has 1 N–H and O–H groups in total. The minimum absolute atomic E-state index is 0.457. The van der Waals surface area contributed by atoms with Gasteiger partial charge < -0.3 is 0 Å². The molecule has 0 radical (unpaired) electrons. The van der Waals surface area contributed by atoms with Crippen molar-refractivity contribution in [2.45, 2.75) is 32.2 Å². The number of hydrogen-bond donors (Lipinski definition) is 1. The van der Waals surface area contributed by atoms with E-state index in [4.69, 9.17) is 11.6 Å². The summed E-state index contributed by atoms with van der Waals surface area (Å²) in [5, 5.41) is 3.47. The maximum Gasteiger partial charge on any atom is 0.0934 e. The zero-order valence-electron chi connectivity index (χ0n) is 8.77. The summed E-state index contributed by atoms with van der Waals surface area (Å²) in [5.74, 6) is 5.94. The Balaban J connectivity index is 2.10. The zero-order valence-corrected chi connectivity index (χ0v) is 10.3. The predicted molar refractivity (Wildman–Crippen MR) is 66.5 cm³/mol. The molecule has 0 fully saturated rings. The van der Waals surface area contributed by atoms with Gasteiger partial charge in [0.25, 0.3) is 0 Å². The highest BCUT2D eigenvalue weighted by Gasteiger charge is 2.21. The summed E-state index contributed by atoms with van der Waals surface area (Å²) >= 11 is 7.76. The summed E-state index contributed by atoms with van der Waals surface area (Å²) in [6.45, 7) is 2.64. The smallest absolute Gasteiger partial charge is 0.0934 e. The van der Waals surface area contributed by atoms with E-state index in [1.54, 1.807) is 11.3 Å². The number of thiophene rings is 1. The van der Waals surface area contributed by atoms with Crippen molar-refractivity contribution in [2.75, 3.05) is 6.54 Å². The van der Waals surface area contributed by atoms with Gasteiger partial charge in [-0.2, -0.15) is 0 Å². The monoisotopic (exact) mass is 239 g/mol. The Kier molecular flexibility index (Phi) is 3.69.